The Kier molecular flexibility index (Phi) is 5.77. The van der Waals surface area contributed by atoms with Crippen LogP contribution < -0.4 is 10.6 Å². The number of carbonyl (C=O) groups is 1. The first-order valence-corrected chi connectivity index (χ1v) is 11.2. The van der Waals surface area contributed by atoms with E-state index in [1.807, 2.05) is 0 Å². The average molecular weight is 397 g/mol. The molecule has 0 radical (unpaired) electrons. The van der Waals surface area contributed by atoms with Gasteiger partial charge in [0.25, 0.3) is 0 Å². The van der Waals surface area contributed by atoms with Crippen molar-refractivity contribution in [2.45, 2.75) is 113 Å². The zero-order valence-corrected chi connectivity index (χ0v) is 18.4. The molecule has 2 saturated heterocycles. The Morgan fingerprint density at radius 3 is 1.56 bits per heavy atom. The summed E-state index contributed by atoms with van der Waals surface area (Å²) in [6, 6.07) is 0. The zero-order valence-electron chi connectivity index (χ0n) is 17.3. The van der Waals surface area contributed by atoms with Crippen LogP contribution in [0.1, 0.15) is 81.1 Å². The van der Waals surface area contributed by atoms with Crippen LogP contribution in [-0.2, 0) is 22.2 Å². The minimum atomic E-state index is -1.48. The normalized spacial score (nSPS) is 29.2. The summed E-state index contributed by atoms with van der Waals surface area (Å²) in [5.74, 6) is 0.226. The Labute approximate surface area is 158 Å². The summed E-state index contributed by atoms with van der Waals surface area (Å²) in [5.41, 5.74) is -0.157. The molecule has 0 bridgehead atoms. The number of hydrogen-bond acceptors (Lipinski definition) is 4. The van der Waals surface area contributed by atoms with Crippen LogP contribution in [0, 0.1) is 5.92 Å². The van der Waals surface area contributed by atoms with Crippen LogP contribution in [-0.4, -0.2) is 27.9 Å². The average Bonchev–Trinajstić information content (AvgIpc) is 2.30. The first-order chi connectivity index (χ1) is 11.1. The van der Waals surface area contributed by atoms with Gasteiger partial charge in [-0.2, -0.15) is 0 Å². The molecule has 0 aromatic rings. The van der Waals surface area contributed by atoms with E-state index in [9.17, 15) is 8.66 Å². The van der Waals surface area contributed by atoms with Crippen LogP contribution in [0.4, 0.5) is 0 Å². The van der Waals surface area contributed by atoms with Crippen molar-refractivity contribution in [2.24, 2.45) is 5.92 Å². The van der Waals surface area contributed by atoms with Gasteiger partial charge in [-0.05, 0) is 0 Å². The predicted octanol–water partition coefficient (Wildman–Crippen LogP) is 4.22. The summed E-state index contributed by atoms with van der Waals surface area (Å²) in [5, 5.41) is 7.51. The number of hydrogen-bond donors (Lipinski definition) is 2. The van der Waals surface area contributed by atoms with Gasteiger partial charge in [0.2, 0.25) is 0 Å². The molecule has 0 aliphatic carbocycles. The van der Waals surface area contributed by atoms with Gasteiger partial charge < -0.3 is 0 Å². The summed E-state index contributed by atoms with van der Waals surface area (Å²) in [6.45, 7) is 17.3. The number of rotatable bonds is 4. The molecule has 2 heterocycles. The first-order valence-electron chi connectivity index (χ1n) is 9.46. The van der Waals surface area contributed by atoms with E-state index in [-0.39, 0.29) is 44.1 Å². The topological polar surface area (TPSA) is 58.2 Å². The molecule has 5 heteroatoms. The van der Waals surface area contributed by atoms with Gasteiger partial charge >= 0.3 is 158 Å². The van der Waals surface area contributed by atoms with Crippen LogP contribution in [0.3, 0.4) is 0 Å². The van der Waals surface area contributed by atoms with E-state index in [0.29, 0.717) is 0 Å². The Morgan fingerprint density at radius 2 is 1.16 bits per heavy atom. The molecular weight excluding hydrogens is 359 g/mol. The van der Waals surface area contributed by atoms with Crippen LogP contribution >= 0.6 is 0 Å². The molecule has 25 heavy (non-hydrogen) atoms. The molecule has 0 spiro atoms. The Morgan fingerprint density at radius 1 is 0.800 bits per heavy atom. The number of Topliss-reactive ketones (excluding diaryl/α,β-unsaturated/α-hetero) is 1. The maximum atomic E-state index is 13.0. The van der Waals surface area contributed by atoms with Gasteiger partial charge in [-0.15, -0.1) is 0 Å². The van der Waals surface area contributed by atoms with E-state index in [0.717, 1.165) is 25.7 Å². The zero-order chi connectivity index (χ0) is 19.3. The monoisotopic (exact) mass is 397 g/mol. The molecular formula is C20H38CoN2O2. The summed E-state index contributed by atoms with van der Waals surface area (Å²) >= 11 is -1.48. The molecule has 0 aromatic carbocycles. The van der Waals surface area contributed by atoms with E-state index in [4.69, 9.17) is 0 Å². The molecule has 4 nitrogen and oxygen atoms in total. The molecule has 0 amide bonds. The van der Waals surface area contributed by atoms with Crippen LogP contribution in [0.5, 0.6) is 0 Å². The van der Waals surface area contributed by atoms with Crippen LogP contribution in [0.15, 0.2) is 0 Å². The van der Waals surface area contributed by atoms with Crippen molar-refractivity contribution in [3.8, 4) is 0 Å². The van der Waals surface area contributed by atoms with Gasteiger partial charge in [0, 0.05) is 0 Å². The second-order valence-corrected chi connectivity index (χ2v) is 12.9. The maximum absolute atomic E-state index is 13.0. The number of ketones is 1. The van der Waals surface area contributed by atoms with Gasteiger partial charge in [0.1, 0.15) is 0 Å². The standard InChI is InChI=1S/C11H20NO.C9H18N.Co.O/c1-8(13)9-6-10(2,3)12-11(4,5)7-9;1-8(2)6-5-7-9(3,4)10-8;;/h9,12H,1,6-7H2,2-5H3;5,10H,6-7H2,1-4H3;;. The Balaban J connectivity index is 2.03. The fraction of sp³-hybridized carbons (Fsp3) is 0.950. The van der Waals surface area contributed by atoms with Gasteiger partial charge in [-0.1, -0.05) is 0 Å². The first kappa shape index (κ1) is 21.2. The Hall–Kier alpha value is -0.104. The van der Waals surface area contributed by atoms with E-state index < -0.39 is 13.6 Å². The van der Waals surface area contributed by atoms with Crippen molar-refractivity contribution in [1.29, 1.82) is 0 Å². The van der Waals surface area contributed by atoms with Gasteiger partial charge in [-0.25, -0.2) is 0 Å². The van der Waals surface area contributed by atoms with Crippen molar-refractivity contribution in [3.05, 3.63) is 0 Å². The number of nitrogens with one attached hydrogen (secondary N) is 2. The van der Waals surface area contributed by atoms with E-state index in [1.54, 1.807) is 0 Å². The second kappa shape index (κ2) is 6.81. The fourth-order valence-electron chi connectivity index (χ4n) is 5.16. The quantitative estimate of drug-likeness (QED) is 0.746. The molecule has 2 aliphatic rings. The summed E-state index contributed by atoms with van der Waals surface area (Å²) in [6.07, 6.45) is 3.42. The molecule has 0 atom stereocenters. The van der Waals surface area contributed by atoms with Crippen LogP contribution in [0.25, 0.3) is 0 Å². The number of carbonyl (C=O) groups excluding carboxylic acids is 1. The van der Waals surface area contributed by atoms with Gasteiger partial charge in [0.15, 0.2) is 0 Å². The van der Waals surface area contributed by atoms with Crippen molar-refractivity contribution in [3.63, 3.8) is 0 Å². The van der Waals surface area contributed by atoms with Crippen molar-refractivity contribution in [1.82, 2.24) is 10.6 Å². The van der Waals surface area contributed by atoms with Crippen molar-refractivity contribution >= 4 is 5.78 Å². The minimum absolute atomic E-state index is 0.0207. The van der Waals surface area contributed by atoms with E-state index in [2.05, 4.69) is 66.0 Å². The molecule has 0 aromatic heterocycles. The third-order valence-electron chi connectivity index (χ3n) is 5.30. The summed E-state index contributed by atoms with van der Waals surface area (Å²) < 4.78 is 13.0. The molecule has 2 aliphatic heterocycles. The van der Waals surface area contributed by atoms with E-state index in [1.165, 1.54) is 0 Å². The molecule has 149 valence electrons. The SMILES string of the molecule is CC1(C)CC(C(=O)[CH2][Co](=[O])[CH]2CC(C)(C)NC(C)(C)C2)CC(C)(C)N1. The van der Waals surface area contributed by atoms with Crippen molar-refractivity contribution in [2.75, 3.05) is 0 Å². The van der Waals surface area contributed by atoms with Crippen LogP contribution in [0.2, 0.25) is 10.2 Å². The van der Waals surface area contributed by atoms with Gasteiger partial charge in [-0.3, -0.25) is 0 Å². The molecule has 0 unspecified atom stereocenters. The predicted molar refractivity (Wildman–Crippen MR) is 98.8 cm³/mol. The third-order valence-corrected chi connectivity index (χ3v) is 7.40. The molecule has 2 fully saturated rings. The third kappa shape index (κ3) is 5.95. The van der Waals surface area contributed by atoms with Crippen molar-refractivity contribution < 1.29 is 22.2 Å². The molecule has 2 rings (SSSR count). The molecule has 2 N–H and O–H groups in total. The number of piperidine rings is 2. The second-order valence-electron chi connectivity index (χ2n) is 10.8. The fourth-order valence-corrected chi connectivity index (χ4v) is 7.66. The Bertz CT molecular complexity index is 472. The summed E-state index contributed by atoms with van der Waals surface area (Å²) in [4.78, 5) is 13.1. The van der Waals surface area contributed by atoms with Gasteiger partial charge in [0.05, 0.1) is 0 Å². The molecule has 0 saturated carbocycles. The summed E-state index contributed by atoms with van der Waals surface area (Å²) in [7, 11) is 0. The van der Waals surface area contributed by atoms with E-state index >= 15 is 0 Å².